The minimum Gasteiger partial charge on any atom is -0.349 e. The van der Waals surface area contributed by atoms with E-state index in [4.69, 9.17) is 23.2 Å². The van der Waals surface area contributed by atoms with Gasteiger partial charge in [-0.15, -0.1) is 0 Å². The van der Waals surface area contributed by atoms with Crippen molar-refractivity contribution >= 4 is 46.4 Å². The maximum atomic E-state index is 14.1. The van der Waals surface area contributed by atoms with Crippen LogP contribution in [0.25, 0.3) is 0 Å². The fourth-order valence-corrected chi connectivity index (χ4v) is 5.19. The highest BCUT2D eigenvalue weighted by molar-refractivity contribution is 8.00. The van der Waals surface area contributed by atoms with Gasteiger partial charge in [0.25, 0.3) is 0 Å². The highest BCUT2D eigenvalue weighted by Gasteiger charge is 2.71. The standard InChI is InChI=1S/C21H18Cl2F3NOS/c1-12-4-17(2-3-18(12)19(28)5-13-9-29-10-13)27-11-20(27,21(24,25)26)14-6-15(22)8-16(23)7-14/h2-4,6-8,13H,5,9-11H2,1H3. The largest absolute Gasteiger partial charge is 0.417 e. The summed E-state index contributed by atoms with van der Waals surface area (Å²) in [5.41, 5.74) is -0.459. The molecule has 29 heavy (non-hydrogen) atoms. The molecule has 0 N–H and O–H groups in total. The summed E-state index contributed by atoms with van der Waals surface area (Å²) in [5.74, 6) is 2.44. The first kappa shape index (κ1) is 20.9. The smallest absolute Gasteiger partial charge is 0.349 e. The van der Waals surface area contributed by atoms with Crippen LogP contribution in [0.4, 0.5) is 18.9 Å². The highest BCUT2D eigenvalue weighted by Crippen LogP contribution is 2.57. The van der Waals surface area contributed by atoms with Crippen molar-refractivity contribution in [2.75, 3.05) is 23.0 Å². The summed E-state index contributed by atoms with van der Waals surface area (Å²) in [6.45, 7) is 1.54. The molecule has 0 amide bonds. The zero-order chi connectivity index (χ0) is 21.0. The van der Waals surface area contributed by atoms with E-state index in [1.807, 2.05) is 11.8 Å². The molecule has 154 valence electrons. The summed E-state index contributed by atoms with van der Waals surface area (Å²) >= 11 is 13.7. The number of nitrogens with zero attached hydrogens (tertiary/aromatic N) is 1. The number of ketones is 1. The Bertz CT molecular complexity index is 957. The second-order valence-electron chi connectivity index (χ2n) is 7.63. The summed E-state index contributed by atoms with van der Waals surface area (Å²) in [6, 6.07) is 8.92. The first-order valence-electron chi connectivity index (χ1n) is 9.14. The predicted octanol–water partition coefficient (Wildman–Crippen LogP) is 6.52. The number of benzene rings is 2. The summed E-state index contributed by atoms with van der Waals surface area (Å²) in [7, 11) is 0. The number of aryl methyl sites for hydroxylation is 1. The van der Waals surface area contributed by atoms with Crippen LogP contribution in [0, 0.1) is 12.8 Å². The van der Waals surface area contributed by atoms with Gasteiger partial charge in [-0.2, -0.15) is 24.9 Å². The van der Waals surface area contributed by atoms with Gasteiger partial charge < -0.3 is 4.90 Å². The molecule has 2 aromatic carbocycles. The summed E-state index contributed by atoms with van der Waals surface area (Å²) in [5, 5.41) is 0.323. The summed E-state index contributed by atoms with van der Waals surface area (Å²) in [4.78, 5) is 13.8. The van der Waals surface area contributed by atoms with Crippen LogP contribution in [0.3, 0.4) is 0 Å². The molecular weight excluding hydrogens is 442 g/mol. The third-order valence-electron chi connectivity index (χ3n) is 5.56. The first-order valence-corrected chi connectivity index (χ1v) is 11.1. The van der Waals surface area contributed by atoms with Crippen LogP contribution in [-0.2, 0) is 5.54 Å². The van der Waals surface area contributed by atoms with Crippen LogP contribution in [0.1, 0.15) is 27.9 Å². The van der Waals surface area contributed by atoms with Gasteiger partial charge in [0.2, 0.25) is 0 Å². The number of hydrogen-bond donors (Lipinski definition) is 0. The Hall–Kier alpha value is -1.37. The second-order valence-corrected chi connectivity index (χ2v) is 9.58. The van der Waals surface area contributed by atoms with E-state index >= 15 is 0 Å². The minimum absolute atomic E-state index is 0.0165. The molecule has 4 rings (SSSR count). The molecule has 1 atom stereocenters. The SMILES string of the molecule is Cc1cc(N2CC2(c2cc(Cl)cc(Cl)c2)C(F)(F)F)ccc1C(=O)CC1CSC1. The number of rotatable bonds is 5. The lowest BCUT2D eigenvalue weighted by Crippen LogP contribution is -2.34. The highest BCUT2D eigenvalue weighted by atomic mass is 35.5. The maximum Gasteiger partial charge on any atom is 0.417 e. The molecule has 2 aliphatic rings. The van der Waals surface area contributed by atoms with Gasteiger partial charge in [-0.05, 0) is 71.9 Å². The molecule has 2 aromatic rings. The molecule has 0 radical (unpaired) electrons. The number of hydrogen-bond acceptors (Lipinski definition) is 3. The molecule has 2 aliphatic heterocycles. The maximum absolute atomic E-state index is 14.1. The van der Waals surface area contributed by atoms with Crippen molar-refractivity contribution in [3.8, 4) is 0 Å². The minimum atomic E-state index is -4.51. The number of carbonyl (C=O) groups is 1. The Labute approximate surface area is 181 Å². The number of Topliss-reactive ketones (excluding diaryl/α,β-unsaturated/α-hetero) is 1. The Morgan fingerprint density at radius 3 is 2.34 bits per heavy atom. The second kappa shape index (κ2) is 7.40. The average molecular weight is 460 g/mol. The van der Waals surface area contributed by atoms with Crippen molar-refractivity contribution < 1.29 is 18.0 Å². The lowest BCUT2D eigenvalue weighted by atomic mass is 9.96. The predicted molar refractivity (Wildman–Crippen MR) is 112 cm³/mol. The van der Waals surface area contributed by atoms with Crippen molar-refractivity contribution in [1.82, 2.24) is 0 Å². The van der Waals surface area contributed by atoms with Gasteiger partial charge in [0, 0.05) is 27.7 Å². The van der Waals surface area contributed by atoms with E-state index in [9.17, 15) is 18.0 Å². The topological polar surface area (TPSA) is 20.1 Å². The molecule has 2 heterocycles. The van der Waals surface area contributed by atoms with Crippen LogP contribution >= 0.6 is 35.0 Å². The summed E-state index contributed by atoms with van der Waals surface area (Å²) < 4.78 is 42.3. The molecule has 8 heteroatoms. The number of alkyl halides is 3. The molecule has 0 bridgehead atoms. The van der Waals surface area contributed by atoms with Crippen LogP contribution in [-0.4, -0.2) is 30.0 Å². The fraction of sp³-hybridized carbons (Fsp3) is 0.381. The third kappa shape index (κ3) is 3.75. The van der Waals surface area contributed by atoms with Crippen LogP contribution in [0.2, 0.25) is 10.0 Å². The van der Waals surface area contributed by atoms with Crippen LogP contribution < -0.4 is 4.90 Å². The fourth-order valence-electron chi connectivity index (χ4n) is 3.85. The zero-order valence-corrected chi connectivity index (χ0v) is 17.9. The molecule has 0 spiro atoms. The van der Waals surface area contributed by atoms with E-state index in [0.717, 1.165) is 11.5 Å². The first-order chi connectivity index (χ1) is 13.6. The molecular formula is C21H18Cl2F3NOS. The Morgan fingerprint density at radius 1 is 1.17 bits per heavy atom. The average Bonchev–Trinajstić information content (AvgIpc) is 3.34. The van der Waals surface area contributed by atoms with E-state index in [2.05, 4.69) is 0 Å². The normalized spacial score (nSPS) is 21.8. The van der Waals surface area contributed by atoms with Crippen molar-refractivity contribution in [2.45, 2.75) is 25.1 Å². The quantitative estimate of drug-likeness (QED) is 0.375. The van der Waals surface area contributed by atoms with Gasteiger partial charge in [0.05, 0.1) is 6.54 Å². The molecule has 0 aliphatic carbocycles. The molecule has 2 fully saturated rings. The number of anilines is 1. The van der Waals surface area contributed by atoms with Gasteiger partial charge in [-0.1, -0.05) is 23.2 Å². The number of halogens is 5. The monoisotopic (exact) mass is 459 g/mol. The van der Waals surface area contributed by atoms with Crippen LogP contribution in [0.15, 0.2) is 36.4 Å². The van der Waals surface area contributed by atoms with Gasteiger partial charge in [0.15, 0.2) is 11.3 Å². The van der Waals surface area contributed by atoms with Gasteiger partial charge in [-0.3, -0.25) is 4.79 Å². The van der Waals surface area contributed by atoms with E-state index in [-0.39, 0.29) is 27.9 Å². The van der Waals surface area contributed by atoms with Gasteiger partial charge >= 0.3 is 6.18 Å². The Kier molecular flexibility index (Phi) is 5.33. The van der Waals surface area contributed by atoms with Gasteiger partial charge in [-0.25, -0.2) is 0 Å². The lowest BCUT2D eigenvalue weighted by Gasteiger charge is -2.24. The Morgan fingerprint density at radius 2 is 1.83 bits per heavy atom. The zero-order valence-electron chi connectivity index (χ0n) is 15.5. The van der Waals surface area contributed by atoms with Crippen molar-refractivity contribution in [1.29, 1.82) is 0 Å². The van der Waals surface area contributed by atoms with Gasteiger partial charge in [0.1, 0.15) is 0 Å². The van der Waals surface area contributed by atoms with Crippen LogP contribution in [0.5, 0.6) is 0 Å². The number of thioether (sulfide) groups is 1. The van der Waals surface area contributed by atoms with E-state index in [1.165, 1.54) is 23.1 Å². The number of carbonyl (C=O) groups excluding carboxylic acids is 1. The van der Waals surface area contributed by atoms with Crippen molar-refractivity contribution in [2.24, 2.45) is 5.92 Å². The van der Waals surface area contributed by atoms with E-state index < -0.39 is 11.7 Å². The third-order valence-corrected chi connectivity index (χ3v) is 7.41. The van der Waals surface area contributed by atoms with E-state index in [0.29, 0.717) is 29.2 Å². The molecule has 2 saturated heterocycles. The van der Waals surface area contributed by atoms with E-state index in [1.54, 1.807) is 25.1 Å². The Balaban J connectivity index is 1.64. The molecule has 0 aromatic heterocycles. The van der Waals surface area contributed by atoms with Crippen molar-refractivity contribution in [3.05, 3.63) is 63.1 Å². The summed E-state index contributed by atoms with van der Waals surface area (Å²) in [6.07, 6.45) is -4.02. The van der Waals surface area contributed by atoms with Crippen molar-refractivity contribution in [3.63, 3.8) is 0 Å². The molecule has 2 nitrogen and oxygen atoms in total. The molecule has 1 unspecified atom stereocenters. The molecule has 0 saturated carbocycles. The lowest BCUT2D eigenvalue weighted by molar-refractivity contribution is -0.158.